The van der Waals surface area contributed by atoms with E-state index in [1.165, 1.54) is 11.8 Å². The summed E-state index contributed by atoms with van der Waals surface area (Å²) in [6, 6.07) is 20.0. The molecule has 0 aliphatic carbocycles. The highest BCUT2D eigenvalue weighted by atomic mass is 127. The third-order valence-electron chi connectivity index (χ3n) is 6.54. The van der Waals surface area contributed by atoms with Crippen LogP contribution in [0.2, 0.25) is 20.1 Å². The molecule has 4 aromatic rings. The zero-order valence-corrected chi connectivity index (χ0v) is 29.1. The summed E-state index contributed by atoms with van der Waals surface area (Å²) < 4.78 is 12.6. The number of hydrogen-bond donors (Lipinski definition) is 0. The lowest BCUT2D eigenvalue weighted by atomic mass is 10.1. The van der Waals surface area contributed by atoms with E-state index in [2.05, 4.69) is 22.6 Å². The molecule has 0 saturated carbocycles. The van der Waals surface area contributed by atoms with Crippen molar-refractivity contribution in [2.75, 3.05) is 12.0 Å². The number of methoxy groups -OCH3 is 1. The predicted molar refractivity (Wildman–Crippen MR) is 189 cm³/mol. The highest BCUT2D eigenvalue weighted by molar-refractivity contribution is 14.1. The van der Waals surface area contributed by atoms with Gasteiger partial charge in [0.15, 0.2) is 16.7 Å². The van der Waals surface area contributed by atoms with Crippen molar-refractivity contribution in [3.8, 4) is 11.5 Å². The van der Waals surface area contributed by atoms with E-state index in [0.717, 1.165) is 25.8 Å². The minimum Gasteiger partial charge on any atom is -0.493 e. The van der Waals surface area contributed by atoms with Crippen molar-refractivity contribution in [2.24, 2.45) is 4.99 Å². The van der Waals surface area contributed by atoms with E-state index in [9.17, 15) is 4.79 Å². The Bertz CT molecular complexity index is 1810. The zero-order chi connectivity index (χ0) is 30.8. The second kappa shape index (κ2) is 13.7. The van der Waals surface area contributed by atoms with Crippen molar-refractivity contribution >= 4 is 109 Å². The first kappa shape index (κ1) is 32.0. The van der Waals surface area contributed by atoms with Crippen molar-refractivity contribution in [1.29, 1.82) is 0 Å². The molecule has 1 aliphatic heterocycles. The molecule has 0 aromatic heterocycles. The zero-order valence-electron chi connectivity index (χ0n) is 23.1. The number of halogens is 5. The van der Waals surface area contributed by atoms with Crippen LogP contribution in [0.3, 0.4) is 0 Å². The van der Waals surface area contributed by atoms with Gasteiger partial charge in [-0.15, -0.1) is 0 Å². The fraction of sp³-hybridized carbons (Fsp3) is 0.125. The molecule has 0 unspecified atom stereocenters. The number of amidine groups is 1. The summed E-state index contributed by atoms with van der Waals surface area (Å²) in [7, 11) is 1.57. The molecule has 0 bridgehead atoms. The molecule has 0 atom stereocenters. The number of anilines is 1. The maximum Gasteiger partial charge on any atom is 0.271 e. The van der Waals surface area contributed by atoms with Crippen LogP contribution in [0.1, 0.15) is 22.3 Å². The van der Waals surface area contributed by atoms with Gasteiger partial charge in [-0.1, -0.05) is 64.6 Å². The molecule has 0 N–H and O–H groups in total. The fourth-order valence-electron chi connectivity index (χ4n) is 4.16. The van der Waals surface area contributed by atoms with Gasteiger partial charge in [-0.25, -0.2) is 4.99 Å². The summed E-state index contributed by atoms with van der Waals surface area (Å²) in [6.45, 7) is 4.06. The Morgan fingerprint density at radius 1 is 0.907 bits per heavy atom. The average molecular weight is 784 g/mol. The fourth-order valence-corrected chi connectivity index (χ4v) is 6.76. The molecule has 43 heavy (non-hydrogen) atoms. The van der Waals surface area contributed by atoms with E-state index in [1.54, 1.807) is 36.3 Å². The molecular weight excluding hydrogens is 761 g/mol. The van der Waals surface area contributed by atoms with Crippen LogP contribution in [0, 0.1) is 17.4 Å². The molecule has 1 saturated heterocycles. The highest BCUT2D eigenvalue weighted by Crippen LogP contribution is 2.41. The standard InChI is InChI=1S/C32H23Cl4IN2O3S/c1-17-4-8-22(14-24(17)34)38-32-39(23-9-5-18(2)25(35)15-23)31(40)29(43-32)12-19-10-27(37)30(28(11-19)41-3)42-16-20-6-7-21(33)13-26(20)36/h4-15H,16H2,1-3H3/b29-12+,38-32?. The molecule has 0 spiro atoms. The topological polar surface area (TPSA) is 51.1 Å². The normalized spacial score (nSPS) is 15.1. The van der Waals surface area contributed by atoms with Crippen molar-refractivity contribution in [1.82, 2.24) is 0 Å². The number of aliphatic imine (C=N–C) groups is 1. The number of carbonyl (C=O) groups excluding carboxylic acids is 1. The van der Waals surface area contributed by atoms with E-state index in [0.29, 0.717) is 53.0 Å². The van der Waals surface area contributed by atoms with Crippen LogP contribution in [-0.4, -0.2) is 18.2 Å². The summed E-state index contributed by atoms with van der Waals surface area (Å²) >= 11 is 28.6. The number of thioether (sulfide) groups is 1. The summed E-state index contributed by atoms with van der Waals surface area (Å²) in [4.78, 5) is 20.7. The number of benzene rings is 4. The van der Waals surface area contributed by atoms with Gasteiger partial charge in [-0.3, -0.25) is 9.69 Å². The lowest BCUT2D eigenvalue weighted by molar-refractivity contribution is -0.113. The maximum absolute atomic E-state index is 13.9. The Hall–Kier alpha value is -2.40. The Morgan fingerprint density at radius 2 is 1.63 bits per heavy atom. The maximum atomic E-state index is 13.9. The molecule has 1 amide bonds. The lowest BCUT2D eigenvalue weighted by Crippen LogP contribution is -2.28. The van der Waals surface area contributed by atoms with Crippen LogP contribution >= 0.6 is 80.8 Å². The van der Waals surface area contributed by atoms with E-state index in [1.807, 2.05) is 62.4 Å². The third kappa shape index (κ3) is 7.30. The van der Waals surface area contributed by atoms with Crippen molar-refractivity contribution in [2.45, 2.75) is 20.5 Å². The molecule has 1 aliphatic rings. The van der Waals surface area contributed by atoms with E-state index in [4.69, 9.17) is 60.9 Å². The van der Waals surface area contributed by atoms with Crippen LogP contribution in [0.15, 0.2) is 76.6 Å². The molecule has 220 valence electrons. The van der Waals surface area contributed by atoms with Crippen LogP contribution in [0.5, 0.6) is 11.5 Å². The Labute approximate surface area is 287 Å². The number of aryl methyl sites for hydroxylation is 2. The molecule has 5 nitrogen and oxygen atoms in total. The van der Waals surface area contributed by atoms with Gasteiger partial charge in [0.25, 0.3) is 5.91 Å². The minimum atomic E-state index is -0.228. The molecule has 4 aromatic carbocycles. The minimum absolute atomic E-state index is 0.228. The van der Waals surface area contributed by atoms with Gasteiger partial charge < -0.3 is 9.47 Å². The smallest absolute Gasteiger partial charge is 0.271 e. The van der Waals surface area contributed by atoms with Crippen LogP contribution in [-0.2, 0) is 11.4 Å². The second-order valence-corrected chi connectivity index (χ2v) is 13.4. The van der Waals surface area contributed by atoms with E-state index >= 15 is 0 Å². The van der Waals surface area contributed by atoms with Gasteiger partial charge in [0.05, 0.1) is 27.0 Å². The first-order chi connectivity index (χ1) is 20.5. The van der Waals surface area contributed by atoms with Crippen LogP contribution < -0.4 is 14.4 Å². The molecular formula is C32H23Cl4IN2O3S. The van der Waals surface area contributed by atoms with Crippen LogP contribution in [0.25, 0.3) is 6.08 Å². The van der Waals surface area contributed by atoms with Gasteiger partial charge in [0, 0.05) is 25.7 Å². The first-order valence-electron chi connectivity index (χ1n) is 12.8. The molecule has 5 rings (SSSR count). The summed E-state index contributed by atoms with van der Waals surface area (Å²) in [5.41, 5.74) is 4.65. The van der Waals surface area contributed by atoms with Gasteiger partial charge in [-0.05, 0) is 119 Å². The largest absolute Gasteiger partial charge is 0.493 e. The highest BCUT2D eigenvalue weighted by Gasteiger charge is 2.35. The average Bonchev–Trinajstić information content (AvgIpc) is 3.26. The van der Waals surface area contributed by atoms with E-state index < -0.39 is 0 Å². The molecule has 0 radical (unpaired) electrons. The van der Waals surface area contributed by atoms with Gasteiger partial charge in [0.2, 0.25) is 0 Å². The van der Waals surface area contributed by atoms with E-state index in [-0.39, 0.29) is 12.5 Å². The second-order valence-electron chi connectivity index (χ2n) is 9.57. The third-order valence-corrected chi connectivity index (χ3v) is 9.71. The summed E-state index contributed by atoms with van der Waals surface area (Å²) in [6.07, 6.45) is 1.81. The number of amides is 1. The number of rotatable bonds is 7. The Kier molecular flexibility index (Phi) is 10.2. The number of ether oxygens (including phenoxy) is 2. The van der Waals surface area contributed by atoms with Crippen molar-refractivity contribution < 1.29 is 14.3 Å². The van der Waals surface area contributed by atoms with Crippen molar-refractivity contribution in [3.63, 3.8) is 0 Å². The number of nitrogens with zero attached hydrogens (tertiary/aromatic N) is 2. The van der Waals surface area contributed by atoms with Crippen LogP contribution in [0.4, 0.5) is 11.4 Å². The Balaban J connectivity index is 1.50. The lowest BCUT2D eigenvalue weighted by Gasteiger charge is -2.17. The van der Waals surface area contributed by atoms with Crippen molar-refractivity contribution in [3.05, 3.63) is 118 Å². The first-order valence-corrected chi connectivity index (χ1v) is 16.2. The van der Waals surface area contributed by atoms with Gasteiger partial charge in [0.1, 0.15) is 6.61 Å². The Morgan fingerprint density at radius 3 is 2.30 bits per heavy atom. The predicted octanol–water partition coefficient (Wildman–Crippen LogP) is 10.9. The quantitative estimate of drug-likeness (QED) is 0.138. The SMILES string of the molecule is COc1cc(/C=C2/SC(=Nc3ccc(C)c(Cl)c3)N(c3ccc(C)c(Cl)c3)C2=O)cc(I)c1OCc1ccc(Cl)cc1Cl. The molecule has 1 fully saturated rings. The number of carbonyl (C=O) groups is 1. The number of hydrogen-bond acceptors (Lipinski definition) is 5. The summed E-state index contributed by atoms with van der Waals surface area (Å²) in [5, 5.41) is 2.71. The van der Waals surface area contributed by atoms with Gasteiger partial charge in [-0.2, -0.15) is 0 Å². The summed E-state index contributed by atoms with van der Waals surface area (Å²) in [5.74, 6) is 0.856. The molecule has 1 heterocycles. The molecule has 11 heteroatoms. The monoisotopic (exact) mass is 782 g/mol. The van der Waals surface area contributed by atoms with Gasteiger partial charge >= 0.3 is 0 Å².